The monoisotopic (exact) mass is 403 g/mol. The number of aromatic nitrogens is 1. The number of nitro groups is 1. The van der Waals surface area contributed by atoms with Crippen LogP contribution in [0.2, 0.25) is 0 Å². The molecule has 0 unspecified atom stereocenters. The first-order valence-corrected chi connectivity index (χ1v) is 8.83. The summed E-state index contributed by atoms with van der Waals surface area (Å²) in [5.74, 6) is -0.626. The number of carbonyl (C=O) groups is 1. The Morgan fingerprint density at radius 3 is 2.68 bits per heavy atom. The highest BCUT2D eigenvalue weighted by Gasteiger charge is 2.17. The van der Waals surface area contributed by atoms with Crippen LogP contribution in [-0.2, 0) is 18.0 Å². The van der Waals surface area contributed by atoms with Gasteiger partial charge in [0.25, 0.3) is 5.69 Å². The molecule has 0 saturated carbocycles. The number of nitrogens with zero attached hydrogens (tertiary/aromatic N) is 2. The molecule has 0 saturated heterocycles. The summed E-state index contributed by atoms with van der Waals surface area (Å²) in [5, 5.41) is 13.2. The van der Waals surface area contributed by atoms with Crippen LogP contribution in [0.1, 0.15) is 21.1 Å². The number of hydrogen-bond donors (Lipinski definition) is 1. The van der Waals surface area contributed by atoms with E-state index in [1.54, 1.807) is 5.38 Å². The summed E-state index contributed by atoms with van der Waals surface area (Å²) in [7, 11) is 0. The fourth-order valence-corrected chi connectivity index (χ4v) is 2.90. The minimum absolute atomic E-state index is 0.0794. The van der Waals surface area contributed by atoms with Gasteiger partial charge in [-0.15, -0.1) is 11.3 Å². The van der Waals surface area contributed by atoms with Gasteiger partial charge in [0.1, 0.15) is 29.8 Å². The standard InChI is InChI=1S/C18H14FN3O5S/c19-11-1-4-14(5-2-11)26-9-17-21-12(10-28-17)8-27-18(23)15-7-13(22(24)25)3-6-16(15)20/h1-7,10H,8-9,20H2. The number of non-ortho nitro benzene ring substituents is 1. The maximum atomic E-state index is 12.9. The van der Waals surface area contributed by atoms with E-state index in [-0.39, 0.29) is 36.0 Å². The Labute approximate surface area is 162 Å². The summed E-state index contributed by atoms with van der Waals surface area (Å²) in [5.41, 5.74) is 5.94. The lowest BCUT2D eigenvalue weighted by Crippen LogP contribution is -2.09. The SMILES string of the molecule is Nc1ccc([N+](=O)[O-])cc1C(=O)OCc1csc(COc2ccc(F)cc2)n1. The molecule has 0 fully saturated rings. The highest BCUT2D eigenvalue weighted by molar-refractivity contribution is 7.09. The summed E-state index contributed by atoms with van der Waals surface area (Å²) < 4.78 is 23.5. The molecule has 1 aromatic heterocycles. The van der Waals surface area contributed by atoms with Crippen molar-refractivity contribution in [2.45, 2.75) is 13.2 Å². The van der Waals surface area contributed by atoms with E-state index in [4.69, 9.17) is 15.2 Å². The molecule has 3 rings (SSSR count). The molecule has 0 radical (unpaired) electrons. The number of carbonyl (C=O) groups excluding carboxylic acids is 1. The molecule has 10 heteroatoms. The number of benzene rings is 2. The number of thiazole rings is 1. The van der Waals surface area contributed by atoms with Crippen LogP contribution in [-0.4, -0.2) is 15.9 Å². The first-order valence-electron chi connectivity index (χ1n) is 7.95. The van der Waals surface area contributed by atoms with Crippen LogP contribution >= 0.6 is 11.3 Å². The molecule has 0 aliphatic rings. The molecule has 8 nitrogen and oxygen atoms in total. The zero-order chi connectivity index (χ0) is 20.1. The number of esters is 1. The van der Waals surface area contributed by atoms with Gasteiger partial charge < -0.3 is 15.2 Å². The van der Waals surface area contributed by atoms with E-state index in [0.717, 1.165) is 6.07 Å². The summed E-state index contributed by atoms with van der Waals surface area (Å²) in [4.78, 5) is 26.6. The van der Waals surface area contributed by atoms with Crippen LogP contribution < -0.4 is 10.5 Å². The summed E-state index contributed by atoms with van der Waals surface area (Å²) in [6, 6.07) is 9.16. The van der Waals surface area contributed by atoms with Crippen molar-refractivity contribution in [3.05, 3.63) is 80.0 Å². The van der Waals surface area contributed by atoms with Crippen molar-refractivity contribution in [2.75, 3.05) is 5.73 Å². The molecule has 0 aliphatic carbocycles. The van der Waals surface area contributed by atoms with Crippen molar-refractivity contribution >= 4 is 28.7 Å². The molecule has 0 amide bonds. The second kappa shape index (κ2) is 8.44. The van der Waals surface area contributed by atoms with Crippen molar-refractivity contribution in [3.63, 3.8) is 0 Å². The summed E-state index contributed by atoms with van der Waals surface area (Å²) in [6.07, 6.45) is 0. The van der Waals surface area contributed by atoms with E-state index >= 15 is 0 Å². The zero-order valence-electron chi connectivity index (χ0n) is 14.3. The molecular weight excluding hydrogens is 389 g/mol. The molecule has 3 aromatic rings. The van der Waals surface area contributed by atoms with E-state index in [2.05, 4.69) is 4.98 Å². The highest BCUT2D eigenvalue weighted by Crippen LogP contribution is 2.21. The Hall–Kier alpha value is -3.53. The largest absolute Gasteiger partial charge is 0.486 e. The number of rotatable bonds is 7. The average Bonchev–Trinajstić information content (AvgIpc) is 3.14. The van der Waals surface area contributed by atoms with Crippen molar-refractivity contribution in [1.82, 2.24) is 4.98 Å². The Bertz CT molecular complexity index is 1010. The van der Waals surface area contributed by atoms with Gasteiger partial charge in [-0.3, -0.25) is 10.1 Å². The number of nitrogens with two attached hydrogens (primary N) is 1. The van der Waals surface area contributed by atoms with E-state index in [1.807, 2.05) is 0 Å². The molecule has 28 heavy (non-hydrogen) atoms. The van der Waals surface area contributed by atoms with Gasteiger partial charge in [0, 0.05) is 23.2 Å². The Kier molecular flexibility index (Phi) is 5.80. The van der Waals surface area contributed by atoms with Gasteiger partial charge in [0.05, 0.1) is 16.2 Å². The van der Waals surface area contributed by atoms with Gasteiger partial charge in [-0.2, -0.15) is 0 Å². The fourth-order valence-electron chi connectivity index (χ4n) is 2.21. The highest BCUT2D eigenvalue weighted by atomic mass is 32.1. The third-order valence-electron chi connectivity index (χ3n) is 3.59. The molecule has 2 aromatic carbocycles. The van der Waals surface area contributed by atoms with E-state index in [1.165, 1.54) is 47.7 Å². The van der Waals surface area contributed by atoms with E-state index < -0.39 is 10.9 Å². The van der Waals surface area contributed by atoms with Crippen LogP contribution in [0.15, 0.2) is 47.8 Å². The lowest BCUT2D eigenvalue weighted by molar-refractivity contribution is -0.384. The first-order chi connectivity index (χ1) is 13.4. The molecule has 0 spiro atoms. The molecule has 144 valence electrons. The van der Waals surface area contributed by atoms with Gasteiger partial charge >= 0.3 is 5.97 Å². The second-order valence-electron chi connectivity index (χ2n) is 5.58. The van der Waals surface area contributed by atoms with Crippen molar-refractivity contribution < 1.29 is 23.6 Å². The topological polar surface area (TPSA) is 118 Å². The molecule has 2 N–H and O–H groups in total. The third kappa shape index (κ3) is 4.80. The minimum Gasteiger partial charge on any atom is -0.486 e. The smallest absolute Gasteiger partial charge is 0.340 e. The van der Waals surface area contributed by atoms with Crippen LogP contribution in [0.25, 0.3) is 0 Å². The Balaban J connectivity index is 1.57. The predicted octanol–water partition coefficient (Wildman–Crippen LogP) is 3.71. The maximum Gasteiger partial charge on any atom is 0.340 e. The normalized spacial score (nSPS) is 10.5. The minimum atomic E-state index is -0.779. The van der Waals surface area contributed by atoms with E-state index in [9.17, 15) is 19.3 Å². The number of halogens is 1. The Morgan fingerprint density at radius 2 is 1.96 bits per heavy atom. The number of hydrogen-bond acceptors (Lipinski definition) is 8. The predicted molar refractivity (Wildman–Crippen MR) is 99.5 cm³/mol. The molecular formula is C18H14FN3O5S. The van der Waals surface area contributed by atoms with Gasteiger partial charge in [-0.1, -0.05) is 0 Å². The lowest BCUT2D eigenvalue weighted by atomic mass is 10.1. The number of nitro benzene ring substituents is 1. The maximum absolute atomic E-state index is 12.9. The molecule has 0 bridgehead atoms. The van der Waals surface area contributed by atoms with Gasteiger partial charge in [-0.05, 0) is 30.3 Å². The van der Waals surface area contributed by atoms with Crippen molar-refractivity contribution in [2.24, 2.45) is 0 Å². The number of ether oxygens (including phenoxy) is 2. The van der Waals surface area contributed by atoms with Crippen LogP contribution in [0.5, 0.6) is 5.75 Å². The van der Waals surface area contributed by atoms with Crippen molar-refractivity contribution in [1.29, 1.82) is 0 Å². The summed E-state index contributed by atoms with van der Waals surface area (Å²) in [6.45, 7) is 0.0656. The molecule has 0 atom stereocenters. The van der Waals surface area contributed by atoms with Gasteiger partial charge in [-0.25, -0.2) is 14.2 Å². The lowest BCUT2D eigenvalue weighted by Gasteiger charge is -2.06. The average molecular weight is 403 g/mol. The fraction of sp³-hybridized carbons (Fsp3) is 0.111. The van der Waals surface area contributed by atoms with Crippen LogP contribution in [0.4, 0.5) is 15.8 Å². The van der Waals surface area contributed by atoms with Crippen LogP contribution in [0, 0.1) is 15.9 Å². The third-order valence-corrected chi connectivity index (χ3v) is 4.47. The summed E-state index contributed by atoms with van der Waals surface area (Å²) >= 11 is 1.31. The quantitative estimate of drug-likeness (QED) is 0.276. The van der Waals surface area contributed by atoms with Crippen molar-refractivity contribution in [3.8, 4) is 5.75 Å². The van der Waals surface area contributed by atoms with E-state index in [0.29, 0.717) is 16.5 Å². The first kappa shape index (κ1) is 19.2. The van der Waals surface area contributed by atoms with Gasteiger partial charge in [0.15, 0.2) is 0 Å². The zero-order valence-corrected chi connectivity index (χ0v) is 15.1. The second-order valence-corrected chi connectivity index (χ2v) is 6.52. The number of nitrogen functional groups attached to an aromatic ring is 1. The molecule has 0 aliphatic heterocycles. The van der Waals surface area contributed by atoms with Crippen LogP contribution in [0.3, 0.4) is 0 Å². The Morgan fingerprint density at radius 1 is 1.21 bits per heavy atom. The molecule has 1 heterocycles. The number of anilines is 1. The van der Waals surface area contributed by atoms with Gasteiger partial charge in [0.2, 0.25) is 0 Å².